The molecule has 7 heteroatoms. The molecule has 0 radical (unpaired) electrons. The third-order valence-electron chi connectivity index (χ3n) is 5.43. The standard InChI is InChI=1S/C20H27N3O3S/c1-5-23(6-2)27(25,26)16-13-19(21(3)14-16)20(24)22(4)18-12-11-15-9-7-8-10-17(15)18/h7-10,13-14,18H,5-6,11-12H2,1-4H3. The lowest BCUT2D eigenvalue weighted by atomic mass is 10.1. The Labute approximate surface area is 161 Å². The summed E-state index contributed by atoms with van der Waals surface area (Å²) in [7, 11) is -0.0825. The molecule has 0 spiro atoms. The highest BCUT2D eigenvalue weighted by molar-refractivity contribution is 7.89. The maximum atomic E-state index is 13.1. The highest BCUT2D eigenvalue weighted by Gasteiger charge is 2.31. The van der Waals surface area contributed by atoms with Crippen LogP contribution in [0.4, 0.5) is 0 Å². The second kappa shape index (κ2) is 7.48. The van der Waals surface area contributed by atoms with E-state index < -0.39 is 10.0 Å². The molecule has 6 nitrogen and oxygen atoms in total. The van der Waals surface area contributed by atoms with Crippen molar-refractivity contribution in [1.82, 2.24) is 13.8 Å². The molecule has 0 saturated carbocycles. The number of aromatic nitrogens is 1. The Bertz CT molecular complexity index is 945. The van der Waals surface area contributed by atoms with Gasteiger partial charge < -0.3 is 9.47 Å². The Morgan fingerprint density at radius 3 is 2.56 bits per heavy atom. The predicted molar refractivity (Wildman–Crippen MR) is 105 cm³/mol. The third-order valence-corrected chi connectivity index (χ3v) is 7.45. The summed E-state index contributed by atoms with van der Waals surface area (Å²) in [5.41, 5.74) is 2.84. The van der Waals surface area contributed by atoms with Crippen LogP contribution in [0.15, 0.2) is 41.4 Å². The molecule has 1 aliphatic carbocycles. The van der Waals surface area contributed by atoms with Crippen molar-refractivity contribution in [1.29, 1.82) is 0 Å². The van der Waals surface area contributed by atoms with Crippen LogP contribution in [-0.2, 0) is 23.5 Å². The van der Waals surface area contributed by atoms with Gasteiger partial charge >= 0.3 is 0 Å². The third kappa shape index (κ3) is 3.41. The number of hydrogen-bond donors (Lipinski definition) is 0. The van der Waals surface area contributed by atoms with Crippen LogP contribution in [0.25, 0.3) is 0 Å². The van der Waals surface area contributed by atoms with E-state index in [4.69, 9.17) is 0 Å². The summed E-state index contributed by atoms with van der Waals surface area (Å²) >= 11 is 0. The summed E-state index contributed by atoms with van der Waals surface area (Å²) in [4.78, 5) is 15.0. The van der Waals surface area contributed by atoms with Gasteiger partial charge in [-0.05, 0) is 30.0 Å². The van der Waals surface area contributed by atoms with E-state index in [2.05, 4.69) is 12.1 Å². The molecule has 0 fully saturated rings. The van der Waals surface area contributed by atoms with Crippen molar-refractivity contribution in [3.63, 3.8) is 0 Å². The van der Waals surface area contributed by atoms with Gasteiger partial charge in [-0.15, -0.1) is 0 Å². The van der Waals surface area contributed by atoms with E-state index in [1.807, 2.05) is 12.1 Å². The van der Waals surface area contributed by atoms with Crippen LogP contribution in [0.2, 0.25) is 0 Å². The van der Waals surface area contributed by atoms with Crippen LogP contribution in [-0.4, -0.2) is 48.2 Å². The van der Waals surface area contributed by atoms with Gasteiger partial charge in [-0.25, -0.2) is 8.42 Å². The molecule has 27 heavy (non-hydrogen) atoms. The first-order chi connectivity index (χ1) is 12.8. The zero-order valence-electron chi connectivity index (χ0n) is 16.3. The molecular weight excluding hydrogens is 362 g/mol. The summed E-state index contributed by atoms with van der Waals surface area (Å²) in [5, 5.41) is 0. The van der Waals surface area contributed by atoms with Gasteiger partial charge in [0.1, 0.15) is 10.6 Å². The summed E-state index contributed by atoms with van der Waals surface area (Å²) in [5.74, 6) is -0.166. The average molecular weight is 390 g/mol. The van der Waals surface area contributed by atoms with E-state index in [1.54, 1.807) is 37.4 Å². The first-order valence-electron chi connectivity index (χ1n) is 9.32. The predicted octanol–water partition coefficient (Wildman–Crippen LogP) is 2.82. The van der Waals surface area contributed by atoms with Gasteiger partial charge in [0.25, 0.3) is 5.91 Å². The Hall–Kier alpha value is -2.12. The van der Waals surface area contributed by atoms with Gasteiger partial charge in [0, 0.05) is 33.4 Å². The van der Waals surface area contributed by atoms with Crippen molar-refractivity contribution < 1.29 is 13.2 Å². The molecule has 0 N–H and O–H groups in total. The molecule has 0 saturated heterocycles. The molecule has 2 aromatic rings. The Morgan fingerprint density at radius 2 is 1.89 bits per heavy atom. The average Bonchev–Trinajstić information content (AvgIpc) is 3.25. The van der Waals surface area contributed by atoms with Crippen LogP contribution in [0, 0.1) is 0 Å². The van der Waals surface area contributed by atoms with Crippen molar-refractivity contribution in [3.05, 3.63) is 53.3 Å². The number of carbonyl (C=O) groups is 1. The highest BCUT2D eigenvalue weighted by atomic mass is 32.2. The largest absolute Gasteiger partial charge is 0.345 e. The number of rotatable bonds is 6. The number of amides is 1. The summed E-state index contributed by atoms with van der Waals surface area (Å²) in [6.07, 6.45) is 3.36. The number of carbonyl (C=O) groups excluding carboxylic acids is 1. The van der Waals surface area contributed by atoms with Gasteiger partial charge in [0.2, 0.25) is 10.0 Å². The fourth-order valence-electron chi connectivity index (χ4n) is 3.86. The Balaban J connectivity index is 1.89. The van der Waals surface area contributed by atoms with Gasteiger partial charge in [0.15, 0.2) is 0 Å². The van der Waals surface area contributed by atoms with E-state index in [0.717, 1.165) is 12.8 Å². The minimum atomic E-state index is -3.59. The molecule has 1 heterocycles. The topological polar surface area (TPSA) is 62.6 Å². The number of sulfonamides is 1. The zero-order valence-corrected chi connectivity index (χ0v) is 17.2. The van der Waals surface area contributed by atoms with Crippen molar-refractivity contribution in [3.8, 4) is 0 Å². The normalized spacial score (nSPS) is 16.6. The summed E-state index contributed by atoms with van der Waals surface area (Å²) in [6.45, 7) is 4.41. The van der Waals surface area contributed by atoms with Crippen molar-refractivity contribution in [2.24, 2.45) is 7.05 Å². The molecule has 1 unspecified atom stereocenters. The lowest BCUT2D eigenvalue weighted by Crippen LogP contribution is -2.31. The van der Waals surface area contributed by atoms with Crippen molar-refractivity contribution in [2.75, 3.05) is 20.1 Å². The van der Waals surface area contributed by atoms with E-state index in [-0.39, 0.29) is 16.8 Å². The zero-order chi connectivity index (χ0) is 19.8. The van der Waals surface area contributed by atoms with Gasteiger partial charge in [0.05, 0.1) is 6.04 Å². The number of nitrogens with zero attached hydrogens (tertiary/aromatic N) is 3. The molecular formula is C20H27N3O3S. The Kier molecular flexibility index (Phi) is 5.44. The number of fused-ring (bicyclic) bond motifs is 1. The lowest BCUT2D eigenvalue weighted by Gasteiger charge is -2.25. The first-order valence-corrected chi connectivity index (χ1v) is 10.8. The fraction of sp³-hybridized carbons (Fsp3) is 0.450. The number of hydrogen-bond acceptors (Lipinski definition) is 3. The second-order valence-electron chi connectivity index (χ2n) is 6.93. The molecule has 1 atom stereocenters. The van der Waals surface area contributed by atoms with Crippen LogP contribution in [0.5, 0.6) is 0 Å². The highest BCUT2D eigenvalue weighted by Crippen LogP contribution is 2.35. The van der Waals surface area contributed by atoms with Gasteiger partial charge in [-0.1, -0.05) is 38.1 Å². The van der Waals surface area contributed by atoms with E-state index in [9.17, 15) is 13.2 Å². The maximum Gasteiger partial charge on any atom is 0.270 e. The molecule has 3 rings (SSSR count). The SMILES string of the molecule is CCN(CC)S(=O)(=O)c1cc(C(=O)N(C)C2CCc3ccccc32)n(C)c1. The van der Waals surface area contributed by atoms with Crippen molar-refractivity contribution >= 4 is 15.9 Å². The summed E-state index contributed by atoms with van der Waals surface area (Å²) < 4.78 is 28.5. The molecule has 0 bridgehead atoms. The van der Waals surface area contributed by atoms with Gasteiger partial charge in [-0.2, -0.15) is 4.31 Å². The summed E-state index contributed by atoms with van der Waals surface area (Å²) in [6, 6.07) is 9.69. The van der Waals surface area contributed by atoms with Crippen LogP contribution in [0.1, 0.15) is 47.9 Å². The number of benzene rings is 1. The number of aryl methyl sites for hydroxylation is 2. The monoisotopic (exact) mass is 389 g/mol. The Morgan fingerprint density at radius 1 is 1.22 bits per heavy atom. The molecule has 1 aromatic heterocycles. The van der Waals surface area contributed by atoms with Crippen LogP contribution < -0.4 is 0 Å². The quantitative estimate of drug-likeness (QED) is 0.763. The molecule has 1 aromatic carbocycles. The van der Waals surface area contributed by atoms with Crippen LogP contribution in [0.3, 0.4) is 0 Å². The second-order valence-corrected chi connectivity index (χ2v) is 8.87. The minimum absolute atomic E-state index is 0.0199. The van der Waals surface area contributed by atoms with E-state index >= 15 is 0 Å². The molecule has 1 aliphatic rings. The fourth-order valence-corrected chi connectivity index (χ4v) is 5.39. The first kappa shape index (κ1) is 19.6. The smallest absolute Gasteiger partial charge is 0.270 e. The van der Waals surface area contributed by atoms with Crippen molar-refractivity contribution in [2.45, 2.75) is 37.6 Å². The van der Waals surface area contributed by atoms with Gasteiger partial charge in [-0.3, -0.25) is 4.79 Å². The molecule has 0 aliphatic heterocycles. The lowest BCUT2D eigenvalue weighted by molar-refractivity contribution is 0.0721. The van der Waals surface area contributed by atoms with Crippen LogP contribution >= 0.6 is 0 Å². The van der Waals surface area contributed by atoms with E-state index in [0.29, 0.717) is 18.8 Å². The molecule has 1 amide bonds. The maximum absolute atomic E-state index is 13.1. The minimum Gasteiger partial charge on any atom is -0.345 e. The van der Waals surface area contributed by atoms with E-state index in [1.165, 1.54) is 27.7 Å². The molecule has 146 valence electrons.